The van der Waals surface area contributed by atoms with Gasteiger partial charge in [-0.15, -0.1) is 0 Å². The zero-order valence-electron chi connectivity index (χ0n) is 14.3. The van der Waals surface area contributed by atoms with Gasteiger partial charge in [-0.05, 0) is 44.5 Å². The predicted molar refractivity (Wildman–Crippen MR) is 92.7 cm³/mol. The zero-order valence-corrected chi connectivity index (χ0v) is 14.3. The van der Waals surface area contributed by atoms with Crippen LogP contribution in [0.5, 0.6) is 5.75 Å². The van der Waals surface area contributed by atoms with Gasteiger partial charge in [0, 0.05) is 5.56 Å². The molecule has 6 heteroatoms. The van der Waals surface area contributed by atoms with Crippen LogP contribution >= 0.6 is 0 Å². The first kappa shape index (κ1) is 17.0. The molecule has 1 aliphatic rings. The smallest absolute Gasteiger partial charge is 0.274 e. The van der Waals surface area contributed by atoms with Crippen LogP contribution in [-0.4, -0.2) is 22.6 Å². The molecule has 0 aliphatic carbocycles. The highest BCUT2D eigenvalue weighted by molar-refractivity contribution is 6.04. The number of nitrogens with one attached hydrogen (secondary N) is 1. The maximum absolute atomic E-state index is 13.0. The molecule has 2 amide bonds. The van der Waals surface area contributed by atoms with Crippen molar-refractivity contribution in [3.8, 4) is 5.75 Å². The van der Waals surface area contributed by atoms with Crippen molar-refractivity contribution in [2.45, 2.75) is 32.4 Å². The molecule has 1 heterocycles. The van der Waals surface area contributed by atoms with E-state index in [-0.39, 0.29) is 17.5 Å². The molecule has 0 saturated carbocycles. The molecule has 1 atom stereocenters. The van der Waals surface area contributed by atoms with Crippen LogP contribution in [0, 0.1) is 0 Å². The monoisotopic (exact) mass is 340 g/mol. The van der Waals surface area contributed by atoms with Crippen LogP contribution in [0.3, 0.4) is 0 Å². The summed E-state index contributed by atoms with van der Waals surface area (Å²) >= 11 is 0. The quantitative estimate of drug-likeness (QED) is 0.665. The third-order valence-corrected chi connectivity index (χ3v) is 4.35. The van der Waals surface area contributed by atoms with E-state index >= 15 is 0 Å². The molecule has 0 fully saturated rings. The van der Waals surface area contributed by atoms with Gasteiger partial charge < -0.3 is 4.74 Å². The molecule has 6 nitrogen and oxygen atoms in total. The third-order valence-electron chi connectivity index (χ3n) is 4.35. The molecule has 130 valence electrons. The Labute approximate surface area is 146 Å². The molecule has 2 aromatic carbocycles. The lowest BCUT2D eigenvalue weighted by atomic mass is 9.98. The van der Waals surface area contributed by atoms with Crippen molar-refractivity contribution in [3.05, 3.63) is 59.7 Å². The lowest BCUT2D eigenvalue weighted by Gasteiger charge is -2.42. The average molecular weight is 340 g/mol. The summed E-state index contributed by atoms with van der Waals surface area (Å²) in [5.41, 5.74) is 2.30. The van der Waals surface area contributed by atoms with E-state index in [1.54, 1.807) is 42.4 Å². The van der Waals surface area contributed by atoms with Crippen LogP contribution in [-0.2, 0) is 4.79 Å². The Hall–Kier alpha value is -2.86. The van der Waals surface area contributed by atoms with E-state index in [0.717, 1.165) is 5.56 Å². The fourth-order valence-corrected chi connectivity index (χ4v) is 2.98. The van der Waals surface area contributed by atoms with E-state index in [0.29, 0.717) is 11.4 Å². The van der Waals surface area contributed by atoms with Gasteiger partial charge in [0.15, 0.2) is 5.60 Å². The van der Waals surface area contributed by atoms with Crippen LogP contribution in [0.15, 0.2) is 48.5 Å². The highest BCUT2D eigenvalue weighted by Crippen LogP contribution is 2.42. The van der Waals surface area contributed by atoms with Gasteiger partial charge in [0.2, 0.25) is 0 Å². The molecule has 0 radical (unpaired) electrons. The van der Waals surface area contributed by atoms with Gasteiger partial charge in [0.05, 0.1) is 11.7 Å². The molecule has 25 heavy (non-hydrogen) atoms. The Balaban J connectivity index is 2.13. The normalized spacial score (nSPS) is 16.6. The average Bonchev–Trinajstić information content (AvgIpc) is 2.62. The number of amides is 2. The number of nitrogens with zero attached hydrogens (tertiary/aromatic N) is 1. The first-order chi connectivity index (χ1) is 11.8. The largest absolute Gasteiger partial charge is 0.476 e. The number of ether oxygens (including phenoxy) is 1. The molecule has 0 saturated heterocycles. The van der Waals surface area contributed by atoms with Crippen LogP contribution in [0.2, 0.25) is 0 Å². The van der Waals surface area contributed by atoms with Gasteiger partial charge >= 0.3 is 0 Å². The Kier molecular flexibility index (Phi) is 4.22. The predicted octanol–water partition coefficient (Wildman–Crippen LogP) is 3.07. The lowest BCUT2D eigenvalue weighted by Crippen LogP contribution is -2.53. The van der Waals surface area contributed by atoms with E-state index in [2.05, 4.69) is 0 Å². The second kappa shape index (κ2) is 6.22. The summed E-state index contributed by atoms with van der Waals surface area (Å²) in [6.07, 6.45) is 0. The number of rotatable bonds is 3. The second-order valence-corrected chi connectivity index (χ2v) is 6.50. The number of carbonyl (C=O) groups is 2. The minimum Gasteiger partial charge on any atom is -0.476 e. The van der Waals surface area contributed by atoms with Crippen LogP contribution < -0.4 is 15.1 Å². The fourth-order valence-electron chi connectivity index (χ4n) is 2.98. The van der Waals surface area contributed by atoms with Gasteiger partial charge in [-0.2, -0.15) is 0 Å². The lowest BCUT2D eigenvalue weighted by molar-refractivity contribution is -0.133. The molecular weight excluding hydrogens is 320 g/mol. The second-order valence-electron chi connectivity index (χ2n) is 6.50. The third kappa shape index (κ3) is 2.96. The number of hydrogen-bond acceptors (Lipinski definition) is 4. The minimum atomic E-state index is -1.02. The van der Waals surface area contributed by atoms with Crippen molar-refractivity contribution in [1.29, 1.82) is 0 Å². The molecule has 0 bridgehead atoms. The van der Waals surface area contributed by atoms with E-state index < -0.39 is 11.5 Å². The van der Waals surface area contributed by atoms with Gasteiger partial charge in [0.25, 0.3) is 11.8 Å². The van der Waals surface area contributed by atoms with Crippen LogP contribution in [0.1, 0.15) is 42.7 Å². The van der Waals surface area contributed by atoms with Crippen molar-refractivity contribution < 1.29 is 19.5 Å². The van der Waals surface area contributed by atoms with E-state index in [1.807, 2.05) is 37.3 Å². The molecule has 1 aliphatic heterocycles. The van der Waals surface area contributed by atoms with Gasteiger partial charge in [-0.1, -0.05) is 30.3 Å². The number of anilines is 1. The highest BCUT2D eigenvalue weighted by Gasteiger charge is 2.43. The van der Waals surface area contributed by atoms with E-state index in [9.17, 15) is 9.59 Å². The number of hydroxylamine groups is 1. The Morgan fingerprint density at radius 3 is 2.52 bits per heavy atom. The number of fused-ring (bicyclic) bond motifs is 1. The molecule has 2 aromatic rings. The number of hydrogen-bond donors (Lipinski definition) is 2. The minimum absolute atomic E-state index is 0.196. The van der Waals surface area contributed by atoms with Gasteiger partial charge in [0.1, 0.15) is 5.75 Å². The first-order valence-electron chi connectivity index (χ1n) is 8.01. The molecule has 0 aromatic heterocycles. The fraction of sp³-hybridized carbons (Fsp3) is 0.263. The van der Waals surface area contributed by atoms with Crippen LogP contribution in [0.25, 0.3) is 0 Å². The maximum atomic E-state index is 13.0. The molecular formula is C19H20N2O4. The maximum Gasteiger partial charge on any atom is 0.274 e. The number of benzene rings is 2. The summed E-state index contributed by atoms with van der Waals surface area (Å²) in [5.74, 6) is -0.327. The Morgan fingerprint density at radius 2 is 1.88 bits per heavy atom. The van der Waals surface area contributed by atoms with E-state index in [4.69, 9.17) is 9.94 Å². The summed E-state index contributed by atoms with van der Waals surface area (Å²) in [6, 6.07) is 14.1. The zero-order chi connectivity index (χ0) is 18.2. The standard InChI is InChI=1S/C19H20N2O4/c1-12(13-7-5-4-6-8-13)21-15-11-14(17(22)20-24)9-10-16(15)25-19(2,3)18(21)23/h4-12,24H,1-3H3,(H,20,22). The topological polar surface area (TPSA) is 78.9 Å². The van der Waals surface area contributed by atoms with Crippen molar-refractivity contribution in [2.24, 2.45) is 0 Å². The molecule has 1 unspecified atom stereocenters. The summed E-state index contributed by atoms with van der Waals surface area (Å²) in [7, 11) is 0. The first-order valence-corrected chi connectivity index (χ1v) is 8.01. The van der Waals surface area contributed by atoms with Gasteiger partial charge in [-0.3, -0.25) is 19.7 Å². The highest BCUT2D eigenvalue weighted by atomic mass is 16.5. The van der Waals surface area contributed by atoms with Crippen LogP contribution in [0.4, 0.5) is 5.69 Å². The van der Waals surface area contributed by atoms with Crippen molar-refractivity contribution in [2.75, 3.05) is 4.90 Å². The van der Waals surface area contributed by atoms with Crippen molar-refractivity contribution in [1.82, 2.24) is 5.48 Å². The Morgan fingerprint density at radius 1 is 1.20 bits per heavy atom. The number of carbonyl (C=O) groups excluding carboxylic acids is 2. The summed E-state index contributed by atoms with van der Waals surface area (Å²) in [6.45, 7) is 5.37. The van der Waals surface area contributed by atoms with E-state index in [1.165, 1.54) is 0 Å². The molecule has 3 rings (SSSR count). The molecule has 2 N–H and O–H groups in total. The van der Waals surface area contributed by atoms with Crippen molar-refractivity contribution >= 4 is 17.5 Å². The van der Waals surface area contributed by atoms with Gasteiger partial charge in [-0.25, -0.2) is 5.48 Å². The Bertz CT molecular complexity index is 817. The SMILES string of the molecule is CC(c1ccccc1)N1C(=O)C(C)(C)Oc2ccc(C(=O)NO)cc21. The summed E-state index contributed by atoms with van der Waals surface area (Å²) in [5, 5.41) is 8.87. The summed E-state index contributed by atoms with van der Waals surface area (Å²) < 4.78 is 5.83. The van der Waals surface area contributed by atoms with Crippen molar-refractivity contribution in [3.63, 3.8) is 0 Å². The summed E-state index contributed by atoms with van der Waals surface area (Å²) in [4.78, 5) is 26.4. The molecule has 0 spiro atoms.